The molecular weight excluding hydrogens is 294 g/mol. The maximum Gasteiger partial charge on any atom is 0.273 e. The van der Waals surface area contributed by atoms with Gasteiger partial charge in [-0.3, -0.25) is 9.89 Å². The molecule has 23 heavy (non-hydrogen) atoms. The van der Waals surface area contributed by atoms with Crippen molar-refractivity contribution in [3.8, 4) is 17.3 Å². The van der Waals surface area contributed by atoms with E-state index in [1.54, 1.807) is 42.6 Å². The number of nitrogens with zero attached hydrogens (tertiary/aromatic N) is 2. The number of rotatable bonds is 4. The van der Waals surface area contributed by atoms with Gasteiger partial charge in [0, 0.05) is 12.3 Å². The summed E-state index contributed by atoms with van der Waals surface area (Å²) < 4.78 is 6.44. The maximum absolute atomic E-state index is 12.0. The number of hydrogen-bond acceptors (Lipinski definition) is 4. The minimum absolute atomic E-state index is 0.0827. The lowest BCUT2D eigenvalue weighted by Gasteiger charge is -2.03. The second-order valence-corrected chi connectivity index (χ2v) is 4.84. The minimum atomic E-state index is -0.188. The van der Waals surface area contributed by atoms with Gasteiger partial charge in [0.2, 0.25) is 0 Å². The Morgan fingerprint density at radius 1 is 1.22 bits per heavy atom. The number of aromatic amines is 1. The highest BCUT2D eigenvalue weighted by atomic mass is 16.5. The average Bonchev–Trinajstić information content (AvgIpc) is 2.96. The fourth-order valence-corrected chi connectivity index (χ4v) is 2.14. The molecule has 0 radical (unpaired) electrons. The van der Waals surface area contributed by atoms with E-state index in [0.29, 0.717) is 17.3 Å². The number of aromatic nitrogens is 3. The molecule has 0 unspecified atom stereocenters. The van der Waals surface area contributed by atoms with Crippen LogP contribution in [0.2, 0.25) is 0 Å². The van der Waals surface area contributed by atoms with E-state index in [2.05, 4.69) is 10.1 Å². The van der Waals surface area contributed by atoms with Gasteiger partial charge in [0.25, 0.3) is 5.56 Å². The molecule has 6 heteroatoms. The minimum Gasteiger partial charge on any atom is -0.504 e. The molecule has 1 aromatic carbocycles. The zero-order chi connectivity index (χ0) is 16.2. The van der Waals surface area contributed by atoms with Gasteiger partial charge < -0.3 is 9.84 Å². The standard InChI is InChI=1S/C17H15N3O3/c1-23-15-10-12(6-8-14(15)21)5-7-13-11-17(22)20(19-13)16-4-2-3-9-18-16/h2-11,19,21H,1H3. The summed E-state index contributed by atoms with van der Waals surface area (Å²) in [7, 11) is 1.49. The quantitative estimate of drug-likeness (QED) is 0.776. The number of methoxy groups -OCH3 is 1. The number of hydrogen-bond donors (Lipinski definition) is 2. The second kappa shape index (κ2) is 6.23. The van der Waals surface area contributed by atoms with Crippen LogP contribution >= 0.6 is 0 Å². The Kier molecular flexibility index (Phi) is 3.97. The number of aromatic hydroxyl groups is 1. The third-order valence-corrected chi connectivity index (χ3v) is 3.28. The van der Waals surface area contributed by atoms with Crippen molar-refractivity contribution in [1.82, 2.24) is 14.8 Å². The molecule has 6 nitrogen and oxygen atoms in total. The molecule has 0 aliphatic heterocycles. The molecule has 0 aliphatic rings. The molecule has 3 rings (SSSR count). The van der Waals surface area contributed by atoms with Gasteiger partial charge in [-0.2, -0.15) is 0 Å². The summed E-state index contributed by atoms with van der Waals surface area (Å²) in [5.41, 5.74) is 1.30. The van der Waals surface area contributed by atoms with Crippen molar-refractivity contribution in [3.63, 3.8) is 0 Å². The first-order chi connectivity index (χ1) is 11.2. The monoisotopic (exact) mass is 309 g/mol. The largest absolute Gasteiger partial charge is 0.504 e. The van der Waals surface area contributed by atoms with Crippen LogP contribution in [0.1, 0.15) is 11.3 Å². The molecule has 2 aromatic heterocycles. The molecular formula is C17H15N3O3. The fraction of sp³-hybridized carbons (Fsp3) is 0.0588. The normalized spacial score (nSPS) is 11.0. The van der Waals surface area contributed by atoms with Gasteiger partial charge in [0.15, 0.2) is 17.3 Å². The number of benzene rings is 1. The number of H-pyrrole nitrogens is 1. The highest BCUT2D eigenvalue weighted by Gasteiger charge is 2.04. The van der Waals surface area contributed by atoms with Crippen molar-refractivity contribution < 1.29 is 9.84 Å². The average molecular weight is 309 g/mol. The Bertz CT molecular complexity index is 895. The molecule has 0 spiro atoms. The SMILES string of the molecule is COc1cc(C=Cc2cc(=O)n(-c3ccccn3)[nH]2)ccc1O. The van der Waals surface area contributed by atoms with E-state index < -0.39 is 0 Å². The lowest BCUT2D eigenvalue weighted by atomic mass is 10.2. The summed E-state index contributed by atoms with van der Waals surface area (Å²) in [5, 5.41) is 12.6. The van der Waals surface area contributed by atoms with Crippen molar-refractivity contribution in [2.24, 2.45) is 0 Å². The predicted molar refractivity (Wildman–Crippen MR) is 87.8 cm³/mol. The van der Waals surface area contributed by atoms with Crippen molar-refractivity contribution in [2.75, 3.05) is 7.11 Å². The predicted octanol–water partition coefficient (Wildman–Crippen LogP) is 2.45. The van der Waals surface area contributed by atoms with Crippen LogP contribution < -0.4 is 10.3 Å². The summed E-state index contributed by atoms with van der Waals surface area (Å²) >= 11 is 0. The summed E-state index contributed by atoms with van der Waals surface area (Å²) in [4.78, 5) is 16.1. The van der Waals surface area contributed by atoms with E-state index in [-0.39, 0.29) is 11.3 Å². The van der Waals surface area contributed by atoms with Gasteiger partial charge in [-0.05, 0) is 35.9 Å². The molecule has 2 N–H and O–H groups in total. The fourth-order valence-electron chi connectivity index (χ4n) is 2.14. The van der Waals surface area contributed by atoms with E-state index in [4.69, 9.17) is 4.74 Å². The Balaban J connectivity index is 1.88. The molecule has 0 bridgehead atoms. The van der Waals surface area contributed by atoms with Crippen LogP contribution in [0.25, 0.3) is 18.0 Å². The van der Waals surface area contributed by atoms with Crippen LogP contribution in [0, 0.1) is 0 Å². The molecule has 0 atom stereocenters. The van der Waals surface area contributed by atoms with Crippen LogP contribution in [-0.2, 0) is 0 Å². The van der Waals surface area contributed by atoms with Gasteiger partial charge in [0.05, 0.1) is 12.8 Å². The zero-order valence-corrected chi connectivity index (χ0v) is 12.4. The van der Waals surface area contributed by atoms with Crippen LogP contribution in [0.4, 0.5) is 0 Å². The van der Waals surface area contributed by atoms with E-state index in [1.807, 2.05) is 12.1 Å². The van der Waals surface area contributed by atoms with Crippen LogP contribution in [0.3, 0.4) is 0 Å². The number of phenols is 1. The third-order valence-electron chi connectivity index (χ3n) is 3.28. The number of pyridine rings is 1. The van der Waals surface area contributed by atoms with Gasteiger partial charge in [-0.25, -0.2) is 9.67 Å². The van der Waals surface area contributed by atoms with Crippen molar-refractivity contribution in [3.05, 3.63) is 70.3 Å². The third kappa shape index (κ3) is 3.16. The smallest absolute Gasteiger partial charge is 0.273 e. The highest BCUT2D eigenvalue weighted by molar-refractivity contribution is 5.69. The zero-order valence-electron chi connectivity index (χ0n) is 12.4. The second-order valence-electron chi connectivity index (χ2n) is 4.84. The molecule has 0 aliphatic carbocycles. The molecule has 0 saturated heterocycles. The van der Waals surface area contributed by atoms with Gasteiger partial charge in [-0.15, -0.1) is 0 Å². The highest BCUT2D eigenvalue weighted by Crippen LogP contribution is 2.26. The summed E-state index contributed by atoms with van der Waals surface area (Å²) in [6.45, 7) is 0. The topological polar surface area (TPSA) is 80.1 Å². The number of phenolic OH excluding ortho intramolecular Hbond substituents is 1. The molecule has 0 saturated carbocycles. The Labute approximate surface area is 132 Å². The van der Waals surface area contributed by atoms with Crippen LogP contribution in [0.15, 0.2) is 53.5 Å². The van der Waals surface area contributed by atoms with Crippen molar-refractivity contribution >= 4 is 12.2 Å². The first kappa shape index (κ1) is 14.6. The van der Waals surface area contributed by atoms with Crippen LogP contribution in [-0.4, -0.2) is 27.0 Å². The lowest BCUT2D eigenvalue weighted by Crippen LogP contribution is -2.14. The van der Waals surface area contributed by atoms with Crippen molar-refractivity contribution in [1.29, 1.82) is 0 Å². The van der Waals surface area contributed by atoms with Gasteiger partial charge >= 0.3 is 0 Å². The summed E-state index contributed by atoms with van der Waals surface area (Å²) in [6.07, 6.45) is 5.21. The molecule has 0 fully saturated rings. The van der Waals surface area contributed by atoms with E-state index in [1.165, 1.54) is 17.9 Å². The molecule has 2 heterocycles. The van der Waals surface area contributed by atoms with Gasteiger partial charge in [0.1, 0.15) is 0 Å². The van der Waals surface area contributed by atoms with E-state index in [0.717, 1.165) is 5.56 Å². The molecule has 116 valence electrons. The number of nitrogens with one attached hydrogen (secondary N) is 1. The Hall–Kier alpha value is -3.28. The summed E-state index contributed by atoms with van der Waals surface area (Å²) in [5.74, 6) is 1.01. The lowest BCUT2D eigenvalue weighted by molar-refractivity contribution is 0.373. The number of ether oxygens (including phenoxy) is 1. The van der Waals surface area contributed by atoms with Crippen LogP contribution in [0.5, 0.6) is 11.5 Å². The molecule has 3 aromatic rings. The van der Waals surface area contributed by atoms with E-state index in [9.17, 15) is 9.90 Å². The first-order valence-electron chi connectivity index (χ1n) is 6.96. The van der Waals surface area contributed by atoms with E-state index >= 15 is 0 Å². The van der Waals surface area contributed by atoms with Crippen molar-refractivity contribution in [2.45, 2.75) is 0 Å². The molecule has 0 amide bonds. The van der Waals surface area contributed by atoms with Gasteiger partial charge in [-0.1, -0.05) is 18.2 Å². The Morgan fingerprint density at radius 2 is 2.09 bits per heavy atom. The maximum atomic E-state index is 12.0. The Morgan fingerprint density at radius 3 is 2.83 bits per heavy atom. The summed E-state index contributed by atoms with van der Waals surface area (Å²) in [6, 6.07) is 11.9. The first-order valence-corrected chi connectivity index (χ1v) is 6.96.